The summed E-state index contributed by atoms with van der Waals surface area (Å²) in [4.78, 5) is 14.4. The first-order chi connectivity index (χ1) is 15.7. The second kappa shape index (κ2) is 8.78. The molecule has 3 heterocycles. The van der Waals surface area contributed by atoms with Gasteiger partial charge in [0.25, 0.3) is 0 Å². The maximum absolute atomic E-state index is 9.94. The smallest absolute Gasteiger partial charge is 0.212 e. The summed E-state index contributed by atoms with van der Waals surface area (Å²) in [6, 6.07) is 1.53. The van der Waals surface area contributed by atoms with Gasteiger partial charge in [0.05, 0.1) is 36.9 Å². The number of hydrogen-bond acceptors (Lipinski definition) is 7. The van der Waals surface area contributed by atoms with Crippen LogP contribution in [-0.4, -0.2) is 62.1 Å². The van der Waals surface area contributed by atoms with Crippen molar-refractivity contribution in [3.05, 3.63) is 45.7 Å². The van der Waals surface area contributed by atoms with Gasteiger partial charge in [-0.25, -0.2) is 19.5 Å². The van der Waals surface area contributed by atoms with Crippen LogP contribution in [0.3, 0.4) is 0 Å². The van der Waals surface area contributed by atoms with Gasteiger partial charge in [0.2, 0.25) is 5.69 Å². The van der Waals surface area contributed by atoms with Crippen LogP contribution in [0, 0.1) is 13.5 Å². The number of nitrogen functional groups attached to an aromatic ring is 1. The van der Waals surface area contributed by atoms with E-state index in [2.05, 4.69) is 24.8 Å². The van der Waals surface area contributed by atoms with E-state index < -0.39 is 6.10 Å². The van der Waals surface area contributed by atoms with Crippen LogP contribution >= 0.6 is 11.6 Å². The molecule has 0 aliphatic carbocycles. The zero-order valence-electron chi connectivity index (χ0n) is 19.4. The predicted octanol–water partition coefficient (Wildman–Crippen LogP) is 3.71. The Balaban J connectivity index is 1.81. The minimum absolute atomic E-state index is 0.0322. The molecule has 1 saturated heterocycles. The molecule has 1 aromatic carbocycles. The normalized spacial score (nSPS) is 17.4. The number of methoxy groups -OCH3 is 1. The summed E-state index contributed by atoms with van der Waals surface area (Å²) in [5.74, 6) is 1.09. The van der Waals surface area contributed by atoms with Gasteiger partial charge in [0.1, 0.15) is 17.9 Å². The molecule has 10 heteroatoms. The SMILES string of the molecule is [C-]#[N+]c1c(Cl)cc(C(C)n2nc(C)c3c(N)ncnc32)c(OC)c1C1CN(C(C)C(C)O)C1. The molecule has 1 fully saturated rings. The van der Waals surface area contributed by atoms with Crippen LogP contribution in [0.2, 0.25) is 5.02 Å². The van der Waals surface area contributed by atoms with Crippen LogP contribution in [0.15, 0.2) is 12.4 Å². The van der Waals surface area contributed by atoms with Gasteiger partial charge in [0, 0.05) is 41.2 Å². The fourth-order valence-electron chi connectivity index (χ4n) is 4.60. The Kier molecular flexibility index (Phi) is 6.18. The Hall–Kier alpha value is -2.93. The van der Waals surface area contributed by atoms with Crippen molar-refractivity contribution < 1.29 is 9.84 Å². The first kappa shape index (κ1) is 23.2. The number of benzene rings is 1. The van der Waals surface area contributed by atoms with Gasteiger partial charge >= 0.3 is 0 Å². The van der Waals surface area contributed by atoms with E-state index in [0.717, 1.165) is 16.8 Å². The van der Waals surface area contributed by atoms with E-state index >= 15 is 0 Å². The third-order valence-corrected chi connectivity index (χ3v) is 6.98. The molecule has 0 radical (unpaired) electrons. The van der Waals surface area contributed by atoms with Gasteiger partial charge in [-0.15, -0.1) is 0 Å². The van der Waals surface area contributed by atoms with Gasteiger partial charge in [0.15, 0.2) is 5.65 Å². The van der Waals surface area contributed by atoms with Crippen LogP contribution < -0.4 is 10.5 Å². The highest BCUT2D eigenvalue weighted by Crippen LogP contribution is 2.48. The maximum Gasteiger partial charge on any atom is 0.212 e. The van der Waals surface area contributed by atoms with Crippen LogP contribution in [0.4, 0.5) is 11.5 Å². The fraction of sp³-hybridized carbons (Fsp3) is 0.478. The van der Waals surface area contributed by atoms with Crippen molar-refractivity contribution in [3.63, 3.8) is 0 Å². The number of hydrogen-bond donors (Lipinski definition) is 2. The first-order valence-corrected chi connectivity index (χ1v) is 11.2. The number of likely N-dealkylation sites (tertiary alicyclic amines) is 1. The molecule has 1 aliphatic heterocycles. The molecule has 0 saturated carbocycles. The Morgan fingerprint density at radius 1 is 1.30 bits per heavy atom. The summed E-state index contributed by atoms with van der Waals surface area (Å²) in [6.45, 7) is 16.8. The third-order valence-electron chi connectivity index (χ3n) is 6.69. The second-order valence-corrected chi connectivity index (χ2v) is 9.06. The lowest BCUT2D eigenvalue weighted by Gasteiger charge is -2.45. The number of ether oxygens (including phenoxy) is 1. The maximum atomic E-state index is 9.94. The van der Waals surface area contributed by atoms with Crippen LogP contribution in [0.25, 0.3) is 15.9 Å². The van der Waals surface area contributed by atoms with E-state index in [-0.39, 0.29) is 18.0 Å². The number of rotatable bonds is 6. The highest BCUT2D eigenvalue weighted by atomic mass is 35.5. The Morgan fingerprint density at radius 3 is 2.61 bits per heavy atom. The molecular formula is C23H28ClN7O2. The van der Waals surface area contributed by atoms with Crippen molar-refractivity contribution in [2.45, 2.75) is 51.8 Å². The highest BCUT2D eigenvalue weighted by molar-refractivity contribution is 6.33. The molecule has 1 aliphatic rings. The Bertz CT molecular complexity index is 1240. The molecule has 0 amide bonds. The van der Waals surface area contributed by atoms with E-state index in [1.54, 1.807) is 24.8 Å². The zero-order valence-corrected chi connectivity index (χ0v) is 20.1. The van der Waals surface area contributed by atoms with E-state index in [1.807, 2.05) is 20.8 Å². The van der Waals surface area contributed by atoms with Gasteiger partial charge in [-0.3, -0.25) is 4.90 Å². The van der Waals surface area contributed by atoms with Gasteiger partial charge < -0.3 is 15.6 Å². The van der Waals surface area contributed by atoms with Crippen LogP contribution in [-0.2, 0) is 0 Å². The lowest BCUT2D eigenvalue weighted by Crippen LogP contribution is -2.53. The molecule has 174 valence electrons. The summed E-state index contributed by atoms with van der Waals surface area (Å²) in [7, 11) is 1.61. The van der Waals surface area contributed by atoms with Crippen molar-refractivity contribution >= 4 is 34.1 Å². The lowest BCUT2D eigenvalue weighted by atomic mass is 9.85. The quantitative estimate of drug-likeness (QED) is 0.530. The Morgan fingerprint density at radius 2 is 2.00 bits per heavy atom. The minimum atomic E-state index is -0.436. The first-order valence-electron chi connectivity index (χ1n) is 10.8. The third kappa shape index (κ3) is 3.78. The molecule has 4 rings (SSSR count). The van der Waals surface area contributed by atoms with Crippen molar-refractivity contribution in [1.29, 1.82) is 0 Å². The number of fused-ring (bicyclic) bond motifs is 1. The number of halogens is 1. The molecule has 33 heavy (non-hydrogen) atoms. The second-order valence-electron chi connectivity index (χ2n) is 8.65. The van der Waals surface area contributed by atoms with E-state index in [9.17, 15) is 5.11 Å². The molecule has 9 nitrogen and oxygen atoms in total. The molecular weight excluding hydrogens is 442 g/mol. The average molecular weight is 470 g/mol. The number of nitrogens with two attached hydrogens (primary N) is 1. The Labute approximate surface area is 198 Å². The van der Waals surface area contributed by atoms with Crippen molar-refractivity contribution in [1.82, 2.24) is 24.6 Å². The van der Waals surface area contributed by atoms with Gasteiger partial charge in [-0.05, 0) is 33.8 Å². The van der Waals surface area contributed by atoms with Crippen LogP contribution in [0.1, 0.15) is 49.6 Å². The lowest BCUT2D eigenvalue weighted by molar-refractivity contribution is 0.0209. The largest absolute Gasteiger partial charge is 0.497 e. The summed E-state index contributed by atoms with van der Waals surface area (Å²) in [6.07, 6.45) is 0.986. The summed E-state index contributed by atoms with van der Waals surface area (Å²) in [5, 5.41) is 15.7. The average Bonchev–Trinajstić information content (AvgIpc) is 3.09. The molecule has 3 aromatic rings. The molecule has 0 bridgehead atoms. The topological polar surface area (TPSA) is 107 Å². The minimum Gasteiger partial charge on any atom is -0.497 e. The van der Waals surface area contributed by atoms with Crippen molar-refractivity contribution in [2.24, 2.45) is 0 Å². The van der Waals surface area contributed by atoms with Crippen LogP contribution in [0.5, 0.6) is 5.75 Å². The number of aromatic nitrogens is 4. The molecule has 0 spiro atoms. The number of nitrogens with zero attached hydrogens (tertiary/aromatic N) is 6. The molecule has 3 atom stereocenters. The zero-order chi connectivity index (χ0) is 24.0. The van der Waals surface area contributed by atoms with E-state index in [4.69, 9.17) is 28.6 Å². The number of aliphatic hydroxyl groups is 1. The number of aliphatic hydroxyl groups excluding tert-OH is 1. The summed E-state index contributed by atoms with van der Waals surface area (Å²) >= 11 is 6.62. The van der Waals surface area contributed by atoms with Crippen molar-refractivity contribution in [3.8, 4) is 5.75 Å². The van der Waals surface area contributed by atoms with Gasteiger partial charge in [-0.2, -0.15) is 5.10 Å². The monoisotopic (exact) mass is 469 g/mol. The standard InChI is InChI=1S/C23H28ClN7O2/c1-11-18-22(25)27-10-28-23(18)31(29-11)13(3)16-7-17(24)20(26-5)19(21(16)33-6)15-8-30(9-15)12(2)14(4)32/h7,10,12-15,32H,8-9H2,1-4,6H3,(H2,25,27,28). The van der Waals surface area contributed by atoms with E-state index in [1.165, 1.54) is 6.33 Å². The number of anilines is 1. The predicted molar refractivity (Wildman–Crippen MR) is 128 cm³/mol. The van der Waals surface area contributed by atoms with Gasteiger partial charge in [-0.1, -0.05) is 11.6 Å². The molecule has 2 aromatic heterocycles. The van der Waals surface area contributed by atoms with Crippen molar-refractivity contribution in [2.75, 3.05) is 25.9 Å². The number of aryl methyl sites for hydroxylation is 1. The van der Waals surface area contributed by atoms with E-state index in [0.29, 0.717) is 46.4 Å². The summed E-state index contributed by atoms with van der Waals surface area (Å²) in [5.41, 5.74) is 9.46. The summed E-state index contributed by atoms with van der Waals surface area (Å²) < 4.78 is 7.68. The fourth-order valence-corrected chi connectivity index (χ4v) is 4.86. The molecule has 3 N–H and O–H groups in total. The molecule has 3 unspecified atom stereocenters. The highest BCUT2D eigenvalue weighted by Gasteiger charge is 2.38.